The van der Waals surface area contributed by atoms with Gasteiger partial charge in [0.25, 0.3) is 0 Å². The van der Waals surface area contributed by atoms with Gasteiger partial charge in [-0.1, -0.05) is 23.7 Å². The Morgan fingerprint density at radius 3 is 2.40 bits per heavy atom. The maximum atomic E-state index is 11.2. The van der Waals surface area contributed by atoms with E-state index in [0.29, 0.717) is 10.6 Å². The summed E-state index contributed by atoms with van der Waals surface area (Å²) in [5.74, 6) is -2.76. The molecule has 1 aromatic rings. The summed E-state index contributed by atoms with van der Waals surface area (Å²) in [6.07, 6.45) is 0. The smallest absolute Gasteiger partial charge is 0.318 e. The molecule has 1 atom stereocenters. The van der Waals surface area contributed by atoms with Crippen molar-refractivity contribution in [3.63, 3.8) is 0 Å². The van der Waals surface area contributed by atoms with Gasteiger partial charge in [-0.15, -0.1) is 0 Å². The fraction of sp³-hybridized carbons (Fsp3) is 0.273. The molecule has 0 aromatic heterocycles. The molecule has 0 spiro atoms. The molecule has 0 aliphatic rings. The molecule has 0 amide bonds. The second kappa shape index (κ2) is 4.45. The first-order valence-electron chi connectivity index (χ1n) is 4.42. The SMILES string of the molecule is CC(=O)C(C(=O)O)c1ccc(C)cc1Cl. The maximum Gasteiger partial charge on any atom is 0.318 e. The Kier molecular flexibility index (Phi) is 3.48. The first-order valence-corrected chi connectivity index (χ1v) is 4.80. The molecule has 1 unspecified atom stereocenters. The van der Waals surface area contributed by atoms with Crippen LogP contribution in [0, 0.1) is 6.92 Å². The van der Waals surface area contributed by atoms with Crippen LogP contribution in [0.5, 0.6) is 0 Å². The summed E-state index contributed by atoms with van der Waals surface area (Å²) >= 11 is 5.90. The van der Waals surface area contributed by atoms with Crippen molar-refractivity contribution in [1.82, 2.24) is 0 Å². The maximum absolute atomic E-state index is 11.2. The standard InChI is InChI=1S/C11H11ClO3/c1-6-3-4-8(9(12)5-6)10(7(2)13)11(14)15/h3-5,10H,1-2H3,(H,14,15). The first-order chi connectivity index (χ1) is 6.93. The summed E-state index contributed by atoms with van der Waals surface area (Å²) in [7, 11) is 0. The summed E-state index contributed by atoms with van der Waals surface area (Å²) in [6.45, 7) is 3.09. The van der Waals surface area contributed by atoms with Gasteiger partial charge in [-0.3, -0.25) is 9.59 Å². The lowest BCUT2D eigenvalue weighted by atomic mass is 9.95. The van der Waals surface area contributed by atoms with Crippen molar-refractivity contribution in [1.29, 1.82) is 0 Å². The number of carbonyl (C=O) groups is 2. The number of hydrogen-bond acceptors (Lipinski definition) is 2. The molecule has 3 nitrogen and oxygen atoms in total. The van der Waals surface area contributed by atoms with Crippen LogP contribution < -0.4 is 0 Å². The minimum Gasteiger partial charge on any atom is -0.480 e. The Bertz CT molecular complexity index is 398. The molecule has 15 heavy (non-hydrogen) atoms. The van der Waals surface area contributed by atoms with Crippen molar-refractivity contribution in [3.8, 4) is 0 Å². The van der Waals surface area contributed by atoms with E-state index in [-0.39, 0.29) is 0 Å². The van der Waals surface area contributed by atoms with Crippen molar-refractivity contribution in [2.75, 3.05) is 0 Å². The van der Waals surface area contributed by atoms with Gasteiger partial charge in [0, 0.05) is 5.02 Å². The molecular weight excluding hydrogens is 216 g/mol. The number of Topliss-reactive ketones (excluding diaryl/α,β-unsaturated/α-hetero) is 1. The molecule has 4 heteroatoms. The molecule has 0 aliphatic heterocycles. The Labute approximate surface area is 92.7 Å². The van der Waals surface area contributed by atoms with Crippen LogP contribution in [0.25, 0.3) is 0 Å². The molecule has 80 valence electrons. The summed E-state index contributed by atoms with van der Waals surface area (Å²) in [5, 5.41) is 9.23. The monoisotopic (exact) mass is 226 g/mol. The predicted molar refractivity (Wildman–Crippen MR) is 57.2 cm³/mol. The summed E-state index contributed by atoms with van der Waals surface area (Å²) < 4.78 is 0. The Balaban J connectivity index is 3.23. The highest BCUT2D eigenvalue weighted by atomic mass is 35.5. The average Bonchev–Trinajstić information content (AvgIpc) is 2.08. The van der Waals surface area contributed by atoms with Gasteiger partial charge in [0.15, 0.2) is 0 Å². The number of benzene rings is 1. The fourth-order valence-electron chi connectivity index (χ4n) is 1.39. The normalized spacial score (nSPS) is 12.2. The lowest BCUT2D eigenvalue weighted by molar-refractivity contribution is -0.142. The second-order valence-corrected chi connectivity index (χ2v) is 3.81. The van der Waals surface area contributed by atoms with E-state index in [1.165, 1.54) is 6.92 Å². The summed E-state index contributed by atoms with van der Waals surface area (Å²) in [6, 6.07) is 4.97. The van der Waals surface area contributed by atoms with Crippen molar-refractivity contribution in [2.24, 2.45) is 0 Å². The highest BCUT2D eigenvalue weighted by Gasteiger charge is 2.26. The van der Waals surface area contributed by atoms with Crippen molar-refractivity contribution >= 4 is 23.4 Å². The Morgan fingerprint density at radius 1 is 1.40 bits per heavy atom. The molecule has 0 saturated heterocycles. The van der Waals surface area contributed by atoms with Crippen molar-refractivity contribution < 1.29 is 14.7 Å². The fourth-order valence-corrected chi connectivity index (χ4v) is 1.74. The van der Waals surface area contributed by atoms with Crippen LogP contribution in [-0.4, -0.2) is 16.9 Å². The topological polar surface area (TPSA) is 54.4 Å². The largest absolute Gasteiger partial charge is 0.480 e. The lowest BCUT2D eigenvalue weighted by Crippen LogP contribution is -2.19. The minimum atomic E-state index is -1.17. The molecule has 0 saturated carbocycles. The number of aliphatic carboxylic acids is 1. The molecule has 1 rings (SSSR count). The molecule has 1 aromatic carbocycles. The Morgan fingerprint density at radius 2 is 2.00 bits per heavy atom. The number of ketones is 1. The summed E-state index contributed by atoms with van der Waals surface area (Å²) in [4.78, 5) is 22.1. The van der Waals surface area contributed by atoms with Gasteiger partial charge in [0.1, 0.15) is 11.7 Å². The molecule has 1 N–H and O–H groups in total. The molecule has 0 heterocycles. The zero-order chi connectivity index (χ0) is 11.6. The van der Waals surface area contributed by atoms with Gasteiger partial charge in [-0.05, 0) is 31.0 Å². The molecule has 0 bridgehead atoms. The van der Waals surface area contributed by atoms with E-state index in [9.17, 15) is 9.59 Å². The van der Waals surface area contributed by atoms with Crippen LogP contribution in [0.2, 0.25) is 5.02 Å². The van der Waals surface area contributed by atoms with Crippen LogP contribution >= 0.6 is 11.6 Å². The van der Waals surface area contributed by atoms with Crippen LogP contribution in [0.4, 0.5) is 0 Å². The van der Waals surface area contributed by atoms with Gasteiger partial charge in [0.2, 0.25) is 0 Å². The number of rotatable bonds is 3. The Hall–Kier alpha value is -1.35. The van der Waals surface area contributed by atoms with Gasteiger partial charge in [0.05, 0.1) is 0 Å². The van der Waals surface area contributed by atoms with E-state index >= 15 is 0 Å². The molecule has 0 fully saturated rings. The van der Waals surface area contributed by atoms with E-state index < -0.39 is 17.7 Å². The van der Waals surface area contributed by atoms with Gasteiger partial charge in [-0.2, -0.15) is 0 Å². The van der Waals surface area contributed by atoms with E-state index in [1.807, 2.05) is 6.92 Å². The van der Waals surface area contributed by atoms with Crippen molar-refractivity contribution in [3.05, 3.63) is 34.3 Å². The van der Waals surface area contributed by atoms with Crippen LogP contribution in [0.3, 0.4) is 0 Å². The predicted octanol–water partition coefficient (Wildman–Crippen LogP) is 2.41. The third-order valence-electron chi connectivity index (χ3n) is 2.12. The van der Waals surface area contributed by atoms with E-state index in [2.05, 4.69) is 0 Å². The molecular formula is C11H11ClO3. The van der Waals surface area contributed by atoms with Gasteiger partial charge in [-0.25, -0.2) is 0 Å². The number of carbonyl (C=O) groups excluding carboxylic acids is 1. The lowest BCUT2D eigenvalue weighted by Gasteiger charge is -2.11. The third kappa shape index (κ3) is 2.57. The molecule has 0 radical (unpaired) electrons. The number of halogens is 1. The number of carboxylic acids is 1. The number of aryl methyl sites for hydroxylation is 1. The van der Waals surface area contributed by atoms with E-state index in [0.717, 1.165) is 5.56 Å². The molecule has 0 aliphatic carbocycles. The van der Waals surface area contributed by atoms with Crippen LogP contribution in [-0.2, 0) is 9.59 Å². The number of hydrogen-bond donors (Lipinski definition) is 1. The van der Waals surface area contributed by atoms with Gasteiger partial charge >= 0.3 is 5.97 Å². The van der Waals surface area contributed by atoms with Crippen molar-refractivity contribution in [2.45, 2.75) is 19.8 Å². The third-order valence-corrected chi connectivity index (χ3v) is 2.45. The van der Waals surface area contributed by atoms with E-state index in [1.54, 1.807) is 18.2 Å². The highest BCUT2D eigenvalue weighted by molar-refractivity contribution is 6.32. The first kappa shape index (κ1) is 11.7. The van der Waals surface area contributed by atoms with Crippen LogP contribution in [0.1, 0.15) is 24.0 Å². The van der Waals surface area contributed by atoms with Gasteiger partial charge < -0.3 is 5.11 Å². The van der Waals surface area contributed by atoms with Crippen LogP contribution in [0.15, 0.2) is 18.2 Å². The zero-order valence-corrected chi connectivity index (χ0v) is 9.21. The second-order valence-electron chi connectivity index (χ2n) is 3.41. The zero-order valence-electron chi connectivity index (χ0n) is 8.45. The van der Waals surface area contributed by atoms with E-state index in [4.69, 9.17) is 16.7 Å². The average molecular weight is 227 g/mol. The number of carboxylic acid groups (broad SMARTS) is 1. The minimum absolute atomic E-state index is 0.317. The quantitative estimate of drug-likeness (QED) is 0.806. The summed E-state index contributed by atoms with van der Waals surface area (Å²) in [5.41, 5.74) is 1.28. The highest BCUT2D eigenvalue weighted by Crippen LogP contribution is 2.26.